The standard InChI is InChI=1S/C20H29NO3Si/c1-7-10-21(11-8-2)19(22)17-13-16(9-12-25(4,5)6)14-18(15-17)20(23)24-3/h13-15H,7-8,10-11H2,1-6H3. The Morgan fingerprint density at radius 3 is 2.08 bits per heavy atom. The molecule has 0 bridgehead atoms. The number of nitrogens with zero attached hydrogens (tertiary/aromatic N) is 1. The molecule has 0 saturated heterocycles. The summed E-state index contributed by atoms with van der Waals surface area (Å²) in [5.74, 6) is 2.62. The fraction of sp³-hybridized carbons (Fsp3) is 0.500. The van der Waals surface area contributed by atoms with E-state index in [4.69, 9.17) is 4.74 Å². The van der Waals surface area contributed by atoms with E-state index in [1.54, 1.807) is 18.2 Å². The van der Waals surface area contributed by atoms with E-state index in [0.717, 1.165) is 12.8 Å². The zero-order valence-electron chi connectivity index (χ0n) is 16.2. The highest BCUT2D eigenvalue weighted by atomic mass is 28.3. The molecule has 1 amide bonds. The lowest BCUT2D eigenvalue weighted by Crippen LogP contribution is -2.32. The molecule has 0 aliphatic carbocycles. The van der Waals surface area contributed by atoms with E-state index in [9.17, 15) is 9.59 Å². The van der Waals surface area contributed by atoms with Crippen molar-refractivity contribution in [2.45, 2.75) is 46.3 Å². The molecule has 0 radical (unpaired) electrons. The molecule has 25 heavy (non-hydrogen) atoms. The van der Waals surface area contributed by atoms with Gasteiger partial charge in [0.25, 0.3) is 5.91 Å². The summed E-state index contributed by atoms with van der Waals surface area (Å²) in [6.07, 6.45) is 1.79. The van der Waals surface area contributed by atoms with Crippen LogP contribution in [0.25, 0.3) is 0 Å². The molecule has 0 heterocycles. The van der Waals surface area contributed by atoms with Crippen molar-refractivity contribution in [1.29, 1.82) is 0 Å². The first-order valence-electron chi connectivity index (χ1n) is 8.77. The lowest BCUT2D eigenvalue weighted by Gasteiger charge is -2.22. The van der Waals surface area contributed by atoms with Gasteiger partial charge in [-0.15, -0.1) is 5.54 Å². The van der Waals surface area contributed by atoms with Gasteiger partial charge < -0.3 is 9.64 Å². The molecule has 1 aromatic rings. The normalized spacial score (nSPS) is 10.6. The molecular formula is C20H29NO3Si. The smallest absolute Gasteiger partial charge is 0.337 e. The van der Waals surface area contributed by atoms with Crippen LogP contribution in [0.4, 0.5) is 0 Å². The SMILES string of the molecule is CCCN(CCC)C(=O)c1cc(C#C[Si](C)(C)C)cc(C(=O)OC)c1. The number of methoxy groups -OCH3 is 1. The van der Waals surface area contributed by atoms with Gasteiger partial charge in [0.15, 0.2) is 0 Å². The van der Waals surface area contributed by atoms with Crippen LogP contribution >= 0.6 is 0 Å². The highest BCUT2D eigenvalue weighted by Gasteiger charge is 2.18. The van der Waals surface area contributed by atoms with Crippen LogP contribution in [0.5, 0.6) is 0 Å². The summed E-state index contributed by atoms with van der Waals surface area (Å²) in [4.78, 5) is 26.7. The Morgan fingerprint density at radius 1 is 1.04 bits per heavy atom. The first kappa shape index (κ1) is 21.0. The summed E-state index contributed by atoms with van der Waals surface area (Å²) in [5, 5.41) is 0. The summed E-state index contributed by atoms with van der Waals surface area (Å²) < 4.78 is 4.82. The van der Waals surface area contributed by atoms with Crippen molar-refractivity contribution < 1.29 is 14.3 Å². The number of esters is 1. The minimum absolute atomic E-state index is 0.0643. The summed E-state index contributed by atoms with van der Waals surface area (Å²) in [7, 11) is -0.219. The Balaban J connectivity index is 3.34. The van der Waals surface area contributed by atoms with E-state index in [0.29, 0.717) is 29.8 Å². The number of carbonyl (C=O) groups is 2. The van der Waals surface area contributed by atoms with Crippen LogP contribution < -0.4 is 0 Å². The second-order valence-electron chi connectivity index (χ2n) is 7.08. The molecule has 5 heteroatoms. The molecule has 0 spiro atoms. The molecule has 1 aromatic carbocycles. The highest BCUT2D eigenvalue weighted by molar-refractivity contribution is 6.83. The lowest BCUT2D eigenvalue weighted by atomic mass is 10.0. The monoisotopic (exact) mass is 359 g/mol. The number of ether oxygens (including phenoxy) is 1. The second-order valence-corrected chi connectivity index (χ2v) is 11.8. The van der Waals surface area contributed by atoms with Crippen LogP contribution in [0.1, 0.15) is 53.0 Å². The van der Waals surface area contributed by atoms with Crippen molar-refractivity contribution in [3.63, 3.8) is 0 Å². The number of amides is 1. The van der Waals surface area contributed by atoms with Gasteiger partial charge in [-0.1, -0.05) is 39.4 Å². The number of hydrogen-bond donors (Lipinski definition) is 0. The molecule has 136 valence electrons. The van der Waals surface area contributed by atoms with Gasteiger partial charge in [0, 0.05) is 24.2 Å². The van der Waals surface area contributed by atoms with Crippen LogP contribution in [0.2, 0.25) is 19.6 Å². The first-order chi connectivity index (χ1) is 11.7. The molecule has 0 N–H and O–H groups in total. The van der Waals surface area contributed by atoms with Crippen LogP contribution in [0.3, 0.4) is 0 Å². The maximum absolute atomic E-state index is 12.9. The topological polar surface area (TPSA) is 46.6 Å². The van der Waals surface area contributed by atoms with Gasteiger partial charge in [-0.05, 0) is 31.0 Å². The summed E-state index contributed by atoms with van der Waals surface area (Å²) in [6.45, 7) is 12.0. The zero-order valence-corrected chi connectivity index (χ0v) is 17.2. The fourth-order valence-electron chi connectivity index (χ4n) is 2.36. The summed E-state index contributed by atoms with van der Waals surface area (Å²) >= 11 is 0. The van der Waals surface area contributed by atoms with Gasteiger partial charge in [-0.3, -0.25) is 4.79 Å². The van der Waals surface area contributed by atoms with E-state index in [1.807, 2.05) is 18.7 Å². The minimum atomic E-state index is -1.56. The van der Waals surface area contributed by atoms with Crippen molar-refractivity contribution in [1.82, 2.24) is 4.90 Å². The van der Waals surface area contributed by atoms with Gasteiger partial charge in [0.1, 0.15) is 8.07 Å². The third-order valence-electron chi connectivity index (χ3n) is 3.46. The lowest BCUT2D eigenvalue weighted by molar-refractivity contribution is 0.0600. The molecule has 0 unspecified atom stereocenters. The molecule has 1 rings (SSSR count). The molecule has 0 saturated carbocycles. The number of rotatable bonds is 6. The summed E-state index contributed by atoms with van der Waals surface area (Å²) in [6, 6.07) is 5.08. The van der Waals surface area contributed by atoms with E-state index in [2.05, 4.69) is 31.1 Å². The zero-order chi connectivity index (χ0) is 19.0. The summed E-state index contributed by atoms with van der Waals surface area (Å²) in [5.41, 5.74) is 4.81. The molecule has 0 aliphatic heterocycles. The van der Waals surface area contributed by atoms with Crippen molar-refractivity contribution in [3.05, 3.63) is 34.9 Å². The number of benzene rings is 1. The molecule has 0 aromatic heterocycles. The van der Waals surface area contributed by atoms with E-state index in [1.165, 1.54) is 7.11 Å². The predicted molar refractivity (Wildman–Crippen MR) is 104 cm³/mol. The Kier molecular flexibility index (Phi) is 7.91. The second kappa shape index (κ2) is 9.43. The van der Waals surface area contributed by atoms with Gasteiger partial charge in [-0.25, -0.2) is 4.79 Å². The van der Waals surface area contributed by atoms with Crippen molar-refractivity contribution in [2.75, 3.05) is 20.2 Å². The van der Waals surface area contributed by atoms with Gasteiger partial charge >= 0.3 is 5.97 Å². The largest absolute Gasteiger partial charge is 0.465 e. The molecular weight excluding hydrogens is 330 g/mol. The fourth-order valence-corrected chi connectivity index (χ4v) is 2.88. The van der Waals surface area contributed by atoms with Crippen molar-refractivity contribution >= 4 is 20.0 Å². The van der Waals surface area contributed by atoms with Crippen LogP contribution in [0.15, 0.2) is 18.2 Å². The third-order valence-corrected chi connectivity index (χ3v) is 4.33. The Labute approximate surface area is 152 Å². The number of hydrogen-bond acceptors (Lipinski definition) is 3. The van der Waals surface area contributed by atoms with Gasteiger partial charge in [-0.2, -0.15) is 0 Å². The quantitative estimate of drug-likeness (QED) is 0.439. The minimum Gasteiger partial charge on any atom is -0.465 e. The average Bonchev–Trinajstić information content (AvgIpc) is 2.57. The third kappa shape index (κ3) is 6.75. The van der Waals surface area contributed by atoms with E-state index >= 15 is 0 Å². The van der Waals surface area contributed by atoms with E-state index in [-0.39, 0.29) is 5.91 Å². The van der Waals surface area contributed by atoms with Crippen LogP contribution in [0, 0.1) is 11.5 Å². The van der Waals surface area contributed by atoms with Gasteiger partial charge in [0.05, 0.1) is 12.7 Å². The first-order valence-corrected chi connectivity index (χ1v) is 12.3. The molecule has 4 nitrogen and oxygen atoms in total. The Bertz CT molecular complexity index is 674. The highest BCUT2D eigenvalue weighted by Crippen LogP contribution is 2.15. The Hall–Kier alpha value is -2.06. The average molecular weight is 360 g/mol. The molecule has 0 atom stereocenters. The van der Waals surface area contributed by atoms with Gasteiger partial charge in [0.2, 0.25) is 0 Å². The predicted octanol–water partition coefficient (Wildman–Crippen LogP) is 3.96. The van der Waals surface area contributed by atoms with E-state index < -0.39 is 14.0 Å². The molecule has 0 fully saturated rings. The maximum atomic E-state index is 12.9. The maximum Gasteiger partial charge on any atom is 0.337 e. The van der Waals surface area contributed by atoms with Crippen molar-refractivity contribution in [2.24, 2.45) is 0 Å². The van der Waals surface area contributed by atoms with Crippen molar-refractivity contribution in [3.8, 4) is 11.5 Å². The number of carbonyl (C=O) groups excluding carboxylic acids is 2. The van der Waals surface area contributed by atoms with Crippen LogP contribution in [-0.2, 0) is 4.74 Å². The van der Waals surface area contributed by atoms with Crippen LogP contribution in [-0.4, -0.2) is 45.0 Å². The Morgan fingerprint density at radius 2 is 1.60 bits per heavy atom. The molecule has 0 aliphatic rings.